The van der Waals surface area contributed by atoms with Crippen LogP contribution in [0.3, 0.4) is 0 Å². The Hall–Kier alpha value is -0.120. The lowest BCUT2D eigenvalue weighted by atomic mass is 10.1. The van der Waals surface area contributed by atoms with Crippen LogP contribution in [-0.4, -0.2) is 61.8 Å². The molecule has 0 saturated carbocycles. The second-order valence-corrected chi connectivity index (χ2v) is 5.07. The van der Waals surface area contributed by atoms with Gasteiger partial charge in [0.2, 0.25) is 0 Å². The van der Waals surface area contributed by atoms with Gasteiger partial charge in [-0.2, -0.15) is 0 Å². The fraction of sp³-hybridized carbons (Fsp3) is 1.00. The Balaban J connectivity index is 2.11. The van der Waals surface area contributed by atoms with Crippen molar-refractivity contribution in [3.63, 3.8) is 0 Å². The van der Waals surface area contributed by atoms with E-state index in [0.717, 1.165) is 32.3 Å². The molecule has 0 unspecified atom stereocenters. The van der Waals surface area contributed by atoms with Gasteiger partial charge in [0.25, 0.3) is 0 Å². The summed E-state index contributed by atoms with van der Waals surface area (Å²) < 4.78 is 5.39. The van der Waals surface area contributed by atoms with Gasteiger partial charge in [0, 0.05) is 19.1 Å². The first-order valence-electron chi connectivity index (χ1n) is 7.32. The highest BCUT2D eigenvalue weighted by Gasteiger charge is 2.16. The maximum Gasteiger partial charge on any atom is 0.0594 e. The molecule has 0 aromatic rings. The number of morpholine rings is 1. The molecule has 1 heterocycles. The third kappa shape index (κ3) is 5.84. The minimum Gasteiger partial charge on any atom is -0.379 e. The minimum absolute atomic E-state index is 0.722. The summed E-state index contributed by atoms with van der Waals surface area (Å²) in [6.45, 7) is 14.7. The molecule has 0 aromatic carbocycles. The van der Waals surface area contributed by atoms with Gasteiger partial charge >= 0.3 is 0 Å². The molecular weight excluding hydrogens is 212 g/mol. The number of ether oxygens (including phenoxy) is 1. The van der Waals surface area contributed by atoms with Crippen molar-refractivity contribution in [3.8, 4) is 0 Å². The van der Waals surface area contributed by atoms with Crippen molar-refractivity contribution in [2.75, 3.05) is 45.9 Å². The predicted molar refractivity (Wildman–Crippen MR) is 73.5 cm³/mol. The highest BCUT2D eigenvalue weighted by molar-refractivity contribution is 4.70. The lowest BCUT2D eigenvalue weighted by Crippen LogP contribution is -2.42. The Bertz CT molecular complexity index is 181. The smallest absolute Gasteiger partial charge is 0.0594 e. The summed E-state index contributed by atoms with van der Waals surface area (Å²) >= 11 is 0. The van der Waals surface area contributed by atoms with E-state index in [2.05, 4.69) is 30.6 Å². The Morgan fingerprint density at radius 2 is 1.88 bits per heavy atom. The quantitative estimate of drug-likeness (QED) is 0.649. The van der Waals surface area contributed by atoms with Gasteiger partial charge in [0.05, 0.1) is 13.2 Å². The van der Waals surface area contributed by atoms with E-state index in [1.807, 2.05) is 0 Å². The Morgan fingerprint density at radius 3 is 2.47 bits per heavy atom. The number of nitrogens with zero attached hydrogens (tertiary/aromatic N) is 2. The molecule has 0 aliphatic carbocycles. The van der Waals surface area contributed by atoms with Gasteiger partial charge in [0.15, 0.2) is 0 Å². The van der Waals surface area contributed by atoms with Crippen LogP contribution < -0.4 is 0 Å². The SMILES string of the molecule is CCCN(CC)CCC[C@H](C)N1CCOCC1. The van der Waals surface area contributed by atoms with E-state index in [0.29, 0.717) is 0 Å². The maximum atomic E-state index is 5.39. The maximum absolute atomic E-state index is 5.39. The van der Waals surface area contributed by atoms with Crippen LogP contribution in [0, 0.1) is 0 Å². The van der Waals surface area contributed by atoms with Crippen LogP contribution in [0.5, 0.6) is 0 Å². The molecule has 0 N–H and O–H groups in total. The van der Waals surface area contributed by atoms with Crippen molar-refractivity contribution in [1.29, 1.82) is 0 Å². The first-order chi connectivity index (χ1) is 8.27. The highest BCUT2D eigenvalue weighted by Crippen LogP contribution is 2.09. The Labute approximate surface area is 107 Å². The largest absolute Gasteiger partial charge is 0.379 e. The van der Waals surface area contributed by atoms with E-state index in [9.17, 15) is 0 Å². The summed E-state index contributed by atoms with van der Waals surface area (Å²) in [5.74, 6) is 0. The molecule has 0 aromatic heterocycles. The zero-order chi connectivity index (χ0) is 12.5. The summed E-state index contributed by atoms with van der Waals surface area (Å²) in [5, 5.41) is 0. The number of hydrogen-bond acceptors (Lipinski definition) is 3. The molecule has 1 rings (SSSR count). The third-order valence-electron chi connectivity index (χ3n) is 3.75. The molecule has 3 nitrogen and oxygen atoms in total. The summed E-state index contributed by atoms with van der Waals surface area (Å²) in [6.07, 6.45) is 3.92. The van der Waals surface area contributed by atoms with Crippen molar-refractivity contribution in [3.05, 3.63) is 0 Å². The molecular formula is C14H30N2O. The lowest BCUT2D eigenvalue weighted by Gasteiger charge is -2.32. The Kier molecular flexibility index (Phi) is 7.82. The van der Waals surface area contributed by atoms with Crippen molar-refractivity contribution < 1.29 is 4.74 Å². The molecule has 0 radical (unpaired) electrons. The van der Waals surface area contributed by atoms with Crippen LogP contribution in [0.2, 0.25) is 0 Å². The van der Waals surface area contributed by atoms with Gasteiger partial charge < -0.3 is 9.64 Å². The second kappa shape index (κ2) is 8.90. The third-order valence-corrected chi connectivity index (χ3v) is 3.75. The predicted octanol–water partition coefficient (Wildman–Crippen LogP) is 2.22. The molecule has 0 bridgehead atoms. The number of rotatable bonds is 8. The first-order valence-corrected chi connectivity index (χ1v) is 7.32. The molecule has 0 amide bonds. The van der Waals surface area contributed by atoms with Crippen LogP contribution in [0.1, 0.15) is 40.0 Å². The van der Waals surface area contributed by atoms with E-state index in [1.165, 1.54) is 38.9 Å². The van der Waals surface area contributed by atoms with Gasteiger partial charge in [-0.05, 0) is 45.8 Å². The average Bonchev–Trinajstić information content (AvgIpc) is 2.38. The summed E-state index contributed by atoms with van der Waals surface area (Å²) in [4.78, 5) is 5.13. The molecule has 1 aliphatic heterocycles. The molecule has 17 heavy (non-hydrogen) atoms. The van der Waals surface area contributed by atoms with Gasteiger partial charge in [0.1, 0.15) is 0 Å². The van der Waals surface area contributed by atoms with Crippen molar-refractivity contribution in [2.24, 2.45) is 0 Å². The fourth-order valence-corrected chi connectivity index (χ4v) is 2.56. The van der Waals surface area contributed by atoms with Crippen LogP contribution in [0.15, 0.2) is 0 Å². The van der Waals surface area contributed by atoms with Gasteiger partial charge in [-0.15, -0.1) is 0 Å². The summed E-state index contributed by atoms with van der Waals surface area (Å²) in [6, 6.07) is 0.722. The molecule has 102 valence electrons. The van der Waals surface area contributed by atoms with Crippen LogP contribution >= 0.6 is 0 Å². The van der Waals surface area contributed by atoms with Crippen LogP contribution in [0.25, 0.3) is 0 Å². The van der Waals surface area contributed by atoms with Crippen molar-refractivity contribution in [2.45, 2.75) is 46.1 Å². The minimum atomic E-state index is 0.722. The zero-order valence-electron chi connectivity index (χ0n) is 12.0. The van der Waals surface area contributed by atoms with E-state index in [1.54, 1.807) is 0 Å². The van der Waals surface area contributed by atoms with Crippen molar-refractivity contribution >= 4 is 0 Å². The second-order valence-electron chi connectivity index (χ2n) is 5.07. The Morgan fingerprint density at radius 1 is 1.18 bits per heavy atom. The standard InChI is InChI=1S/C14H30N2O/c1-4-8-15(5-2)9-6-7-14(3)16-10-12-17-13-11-16/h14H,4-13H2,1-3H3/t14-/m0/s1. The first kappa shape index (κ1) is 14.9. The molecule has 1 saturated heterocycles. The van der Waals surface area contributed by atoms with E-state index in [-0.39, 0.29) is 0 Å². The molecule has 3 heteroatoms. The van der Waals surface area contributed by atoms with Crippen LogP contribution in [0.4, 0.5) is 0 Å². The molecule has 1 fully saturated rings. The van der Waals surface area contributed by atoms with E-state index >= 15 is 0 Å². The monoisotopic (exact) mass is 242 g/mol. The van der Waals surface area contributed by atoms with Gasteiger partial charge in [-0.25, -0.2) is 0 Å². The summed E-state index contributed by atoms with van der Waals surface area (Å²) in [7, 11) is 0. The zero-order valence-corrected chi connectivity index (χ0v) is 12.0. The van der Waals surface area contributed by atoms with Gasteiger partial charge in [-0.3, -0.25) is 4.90 Å². The number of hydrogen-bond donors (Lipinski definition) is 0. The molecule has 1 atom stereocenters. The van der Waals surface area contributed by atoms with Crippen molar-refractivity contribution in [1.82, 2.24) is 9.80 Å². The van der Waals surface area contributed by atoms with E-state index < -0.39 is 0 Å². The van der Waals surface area contributed by atoms with Crippen LogP contribution in [-0.2, 0) is 4.74 Å². The average molecular weight is 242 g/mol. The topological polar surface area (TPSA) is 15.7 Å². The highest BCUT2D eigenvalue weighted by atomic mass is 16.5. The molecule has 1 aliphatic rings. The molecule has 0 spiro atoms. The van der Waals surface area contributed by atoms with Gasteiger partial charge in [-0.1, -0.05) is 13.8 Å². The normalized spacial score (nSPS) is 19.8. The summed E-state index contributed by atoms with van der Waals surface area (Å²) in [5.41, 5.74) is 0. The fourth-order valence-electron chi connectivity index (χ4n) is 2.56. The van der Waals surface area contributed by atoms with E-state index in [4.69, 9.17) is 4.74 Å². The lowest BCUT2D eigenvalue weighted by molar-refractivity contribution is 0.0178.